The predicted octanol–water partition coefficient (Wildman–Crippen LogP) is 1.92. The first kappa shape index (κ1) is 13.0. The monoisotopic (exact) mass is 264 g/mol. The lowest BCUT2D eigenvalue weighted by molar-refractivity contribution is 0.0777. The molecule has 1 heterocycles. The SMILES string of the molecule is CC(C)(O)CCSc1nnnn1-c1ccccc1. The van der Waals surface area contributed by atoms with Gasteiger partial charge in [-0.3, -0.25) is 0 Å². The molecular formula is C12H16N4OS. The number of para-hydroxylation sites is 1. The minimum atomic E-state index is -0.655. The van der Waals surface area contributed by atoms with Crippen LogP contribution in [-0.2, 0) is 0 Å². The molecule has 0 saturated carbocycles. The standard InChI is InChI=1S/C12H16N4OS/c1-12(2,17)8-9-18-11-13-14-15-16(11)10-6-4-3-5-7-10/h3-7,17H,8-9H2,1-2H3. The van der Waals surface area contributed by atoms with E-state index in [9.17, 15) is 5.11 Å². The summed E-state index contributed by atoms with van der Waals surface area (Å²) in [6, 6.07) is 9.76. The number of hydrogen-bond donors (Lipinski definition) is 1. The molecule has 0 aliphatic rings. The average molecular weight is 264 g/mol. The number of thioether (sulfide) groups is 1. The van der Waals surface area contributed by atoms with Crippen molar-refractivity contribution in [3.8, 4) is 5.69 Å². The van der Waals surface area contributed by atoms with Crippen LogP contribution < -0.4 is 0 Å². The molecule has 6 heteroatoms. The number of aliphatic hydroxyl groups is 1. The summed E-state index contributed by atoms with van der Waals surface area (Å²) < 4.78 is 1.70. The highest BCUT2D eigenvalue weighted by Gasteiger charge is 2.14. The largest absolute Gasteiger partial charge is 0.390 e. The van der Waals surface area contributed by atoms with Crippen LogP contribution in [0, 0.1) is 0 Å². The fourth-order valence-electron chi connectivity index (χ4n) is 1.39. The van der Waals surface area contributed by atoms with Crippen LogP contribution in [0.2, 0.25) is 0 Å². The zero-order chi connectivity index (χ0) is 13.0. The first-order chi connectivity index (χ1) is 8.56. The molecule has 1 aromatic carbocycles. The number of aromatic nitrogens is 4. The van der Waals surface area contributed by atoms with Crippen LogP contribution in [0.25, 0.3) is 5.69 Å². The summed E-state index contributed by atoms with van der Waals surface area (Å²) >= 11 is 1.54. The number of tetrazole rings is 1. The molecule has 0 radical (unpaired) electrons. The first-order valence-corrected chi connectivity index (χ1v) is 6.74. The van der Waals surface area contributed by atoms with Crippen LogP contribution >= 0.6 is 11.8 Å². The minimum absolute atomic E-state index is 0.655. The van der Waals surface area contributed by atoms with Gasteiger partial charge in [-0.05, 0) is 42.8 Å². The first-order valence-electron chi connectivity index (χ1n) is 5.75. The summed E-state index contributed by atoms with van der Waals surface area (Å²) in [6.45, 7) is 3.60. The smallest absolute Gasteiger partial charge is 0.214 e. The molecule has 2 rings (SSSR count). The predicted molar refractivity (Wildman–Crippen MR) is 70.8 cm³/mol. The third kappa shape index (κ3) is 3.54. The molecule has 0 spiro atoms. The quantitative estimate of drug-likeness (QED) is 0.836. The fourth-order valence-corrected chi connectivity index (χ4v) is 2.53. The van der Waals surface area contributed by atoms with Gasteiger partial charge in [0, 0.05) is 5.75 Å². The molecule has 2 aromatic rings. The number of hydrogen-bond acceptors (Lipinski definition) is 5. The number of nitrogens with zero attached hydrogens (tertiary/aromatic N) is 4. The second-order valence-corrected chi connectivity index (χ2v) is 5.68. The molecule has 1 N–H and O–H groups in total. The Balaban J connectivity index is 2.05. The molecule has 1 aromatic heterocycles. The number of benzene rings is 1. The van der Waals surface area contributed by atoms with E-state index in [0.29, 0.717) is 6.42 Å². The molecule has 5 nitrogen and oxygen atoms in total. The van der Waals surface area contributed by atoms with Crippen molar-refractivity contribution in [2.24, 2.45) is 0 Å². The Morgan fingerprint density at radius 2 is 2.00 bits per heavy atom. The number of rotatable bonds is 5. The Kier molecular flexibility index (Phi) is 3.98. The van der Waals surface area contributed by atoms with E-state index in [0.717, 1.165) is 16.6 Å². The van der Waals surface area contributed by atoms with Gasteiger partial charge in [-0.15, -0.1) is 5.10 Å². The maximum atomic E-state index is 9.66. The maximum absolute atomic E-state index is 9.66. The highest BCUT2D eigenvalue weighted by Crippen LogP contribution is 2.21. The van der Waals surface area contributed by atoms with Crippen molar-refractivity contribution < 1.29 is 5.11 Å². The van der Waals surface area contributed by atoms with Crippen LogP contribution in [0.3, 0.4) is 0 Å². The average Bonchev–Trinajstić information content (AvgIpc) is 2.77. The van der Waals surface area contributed by atoms with E-state index in [2.05, 4.69) is 15.5 Å². The Bertz CT molecular complexity index is 492. The molecule has 0 atom stereocenters. The molecular weight excluding hydrogens is 248 g/mol. The molecule has 0 saturated heterocycles. The van der Waals surface area contributed by atoms with E-state index >= 15 is 0 Å². The Labute approximate surface area is 110 Å². The van der Waals surface area contributed by atoms with Crippen molar-refractivity contribution in [1.29, 1.82) is 0 Å². The van der Waals surface area contributed by atoms with Crippen LogP contribution in [0.5, 0.6) is 0 Å². The van der Waals surface area contributed by atoms with E-state index in [1.165, 1.54) is 0 Å². The highest BCUT2D eigenvalue weighted by atomic mass is 32.2. The van der Waals surface area contributed by atoms with Gasteiger partial charge in [0.25, 0.3) is 0 Å². The lowest BCUT2D eigenvalue weighted by atomic mass is 10.1. The summed E-state index contributed by atoms with van der Waals surface area (Å²) in [7, 11) is 0. The lowest BCUT2D eigenvalue weighted by Gasteiger charge is -2.15. The van der Waals surface area contributed by atoms with Crippen LogP contribution in [0.15, 0.2) is 35.5 Å². The van der Waals surface area contributed by atoms with Gasteiger partial charge in [0.1, 0.15) is 0 Å². The Hall–Kier alpha value is -1.40. The van der Waals surface area contributed by atoms with Crippen molar-refractivity contribution in [3.05, 3.63) is 30.3 Å². The summed E-state index contributed by atoms with van der Waals surface area (Å²) in [5.41, 5.74) is 0.283. The molecule has 0 aliphatic heterocycles. The van der Waals surface area contributed by atoms with Gasteiger partial charge in [-0.2, -0.15) is 4.68 Å². The van der Waals surface area contributed by atoms with E-state index in [1.54, 1.807) is 30.3 Å². The summed E-state index contributed by atoms with van der Waals surface area (Å²) in [5, 5.41) is 22.1. The van der Waals surface area contributed by atoms with Crippen molar-refractivity contribution in [2.75, 3.05) is 5.75 Å². The van der Waals surface area contributed by atoms with E-state index in [1.807, 2.05) is 30.3 Å². The molecule has 96 valence electrons. The van der Waals surface area contributed by atoms with Crippen molar-refractivity contribution >= 4 is 11.8 Å². The second-order valence-electron chi connectivity index (χ2n) is 4.62. The molecule has 0 unspecified atom stereocenters. The van der Waals surface area contributed by atoms with Gasteiger partial charge in [0.2, 0.25) is 5.16 Å². The van der Waals surface area contributed by atoms with E-state index in [-0.39, 0.29) is 0 Å². The molecule has 0 aliphatic carbocycles. The summed E-state index contributed by atoms with van der Waals surface area (Å²) in [5.74, 6) is 0.775. The minimum Gasteiger partial charge on any atom is -0.390 e. The normalized spacial score (nSPS) is 11.7. The topological polar surface area (TPSA) is 63.8 Å². The fraction of sp³-hybridized carbons (Fsp3) is 0.417. The van der Waals surface area contributed by atoms with Gasteiger partial charge in [-0.1, -0.05) is 30.0 Å². The van der Waals surface area contributed by atoms with Crippen LogP contribution in [0.4, 0.5) is 0 Å². The second kappa shape index (κ2) is 5.49. The molecule has 0 bridgehead atoms. The molecule has 0 amide bonds. The summed E-state index contributed by atoms with van der Waals surface area (Å²) in [6.07, 6.45) is 0.694. The lowest BCUT2D eigenvalue weighted by Crippen LogP contribution is -2.19. The maximum Gasteiger partial charge on any atom is 0.214 e. The van der Waals surface area contributed by atoms with Gasteiger partial charge in [0.15, 0.2) is 0 Å². The van der Waals surface area contributed by atoms with Crippen molar-refractivity contribution in [3.63, 3.8) is 0 Å². The zero-order valence-electron chi connectivity index (χ0n) is 10.4. The molecule has 0 fully saturated rings. The van der Waals surface area contributed by atoms with Gasteiger partial charge < -0.3 is 5.11 Å². The third-order valence-corrected chi connectivity index (χ3v) is 3.31. The van der Waals surface area contributed by atoms with E-state index in [4.69, 9.17) is 0 Å². The van der Waals surface area contributed by atoms with Crippen LogP contribution in [0.1, 0.15) is 20.3 Å². The van der Waals surface area contributed by atoms with E-state index < -0.39 is 5.60 Å². The molecule has 18 heavy (non-hydrogen) atoms. The van der Waals surface area contributed by atoms with Gasteiger partial charge >= 0.3 is 0 Å². The summed E-state index contributed by atoms with van der Waals surface area (Å²) in [4.78, 5) is 0. The Morgan fingerprint density at radius 1 is 1.28 bits per heavy atom. The van der Waals surface area contributed by atoms with Crippen molar-refractivity contribution in [1.82, 2.24) is 20.2 Å². The van der Waals surface area contributed by atoms with Crippen LogP contribution in [-0.4, -0.2) is 36.7 Å². The van der Waals surface area contributed by atoms with Gasteiger partial charge in [0.05, 0.1) is 11.3 Å². The Morgan fingerprint density at radius 3 is 2.67 bits per heavy atom. The van der Waals surface area contributed by atoms with Gasteiger partial charge in [-0.25, -0.2) is 0 Å². The zero-order valence-corrected chi connectivity index (χ0v) is 11.3. The third-order valence-electron chi connectivity index (χ3n) is 2.39. The van der Waals surface area contributed by atoms with Crippen molar-refractivity contribution in [2.45, 2.75) is 31.0 Å². The highest BCUT2D eigenvalue weighted by molar-refractivity contribution is 7.99.